The maximum atomic E-state index is 5.65. The predicted octanol–water partition coefficient (Wildman–Crippen LogP) is 3.35. The molecule has 0 fully saturated rings. The van der Waals surface area contributed by atoms with E-state index in [1.807, 2.05) is 43.3 Å². The molecule has 23 heavy (non-hydrogen) atoms. The summed E-state index contributed by atoms with van der Waals surface area (Å²) in [5, 5.41) is 8.05. The first kappa shape index (κ1) is 13.6. The molecule has 0 bridgehead atoms. The van der Waals surface area contributed by atoms with Gasteiger partial charge in [-0.15, -0.1) is 10.2 Å². The lowest BCUT2D eigenvalue weighted by Gasteiger charge is -2.04. The van der Waals surface area contributed by atoms with Crippen LogP contribution in [-0.2, 0) is 6.61 Å². The van der Waals surface area contributed by atoms with E-state index < -0.39 is 0 Å². The van der Waals surface area contributed by atoms with Crippen molar-refractivity contribution in [1.82, 2.24) is 10.2 Å². The van der Waals surface area contributed by atoms with Crippen molar-refractivity contribution < 1.29 is 18.6 Å². The van der Waals surface area contributed by atoms with Crippen LogP contribution in [0.25, 0.3) is 11.5 Å². The maximum absolute atomic E-state index is 5.65. The highest BCUT2D eigenvalue weighted by molar-refractivity contribution is 5.52. The van der Waals surface area contributed by atoms with Crippen LogP contribution >= 0.6 is 0 Å². The lowest BCUT2D eigenvalue weighted by molar-refractivity contribution is 0.173. The van der Waals surface area contributed by atoms with Gasteiger partial charge >= 0.3 is 0 Å². The highest BCUT2D eigenvalue weighted by Crippen LogP contribution is 2.35. The standard InChI is InChI=1S/C17H14N2O4/c1-11-2-4-12(5-3-11)17-19-18-16(23-17)9-20-13-6-7-14-15(8-13)22-10-21-14/h2-8H,9-10H2,1H3. The van der Waals surface area contributed by atoms with E-state index in [2.05, 4.69) is 10.2 Å². The van der Waals surface area contributed by atoms with E-state index in [1.54, 1.807) is 6.07 Å². The predicted molar refractivity (Wildman–Crippen MR) is 81.4 cm³/mol. The molecule has 6 nitrogen and oxygen atoms in total. The number of aromatic nitrogens is 2. The van der Waals surface area contributed by atoms with Crippen LogP contribution in [0, 0.1) is 6.92 Å². The van der Waals surface area contributed by atoms with Gasteiger partial charge in [0.2, 0.25) is 12.7 Å². The number of benzene rings is 2. The molecule has 2 heterocycles. The van der Waals surface area contributed by atoms with Gasteiger partial charge in [0.15, 0.2) is 18.1 Å². The highest BCUT2D eigenvalue weighted by atomic mass is 16.7. The molecule has 116 valence electrons. The minimum absolute atomic E-state index is 0.193. The van der Waals surface area contributed by atoms with E-state index in [9.17, 15) is 0 Å². The lowest BCUT2D eigenvalue weighted by atomic mass is 10.1. The summed E-state index contributed by atoms with van der Waals surface area (Å²) in [5.41, 5.74) is 2.07. The van der Waals surface area contributed by atoms with Crippen LogP contribution in [0.5, 0.6) is 17.2 Å². The molecule has 2 aromatic carbocycles. The normalized spacial score (nSPS) is 12.4. The Balaban J connectivity index is 1.44. The van der Waals surface area contributed by atoms with E-state index in [4.69, 9.17) is 18.6 Å². The van der Waals surface area contributed by atoms with Crippen LogP contribution in [0.15, 0.2) is 46.9 Å². The van der Waals surface area contributed by atoms with Crippen molar-refractivity contribution in [3.63, 3.8) is 0 Å². The minimum atomic E-state index is 0.193. The van der Waals surface area contributed by atoms with Crippen LogP contribution in [0.2, 0.25) is 0 Å². The Morgan fingerprint density at radius 2 is 1.83 bits per heavy atom. The van der Waals surface area contributed by atoms with E-state index >= 15 is 0 Å². The fraction of sp³-hybridized carbons (Fsp3) is 0.176. The van der Waals surface area contributed by atoms with Crippen molar-refractivity contribution in [2.24, 2.45) is 0 Å². The van der Waals surface area contributed by atoms with Crippen LogP contribution in [0.4, 0.5) is 0 Å². The summed E-state index contributed by atoms with van der Waals surface area (Å²) in [6.45, 7) is 2.46. The zero-order chi connectivity index (χ0) is 15.6. The minimum Gasteiger partial charge on any atom is -0.484 e. The van der Waals surface area contributed by atoms with Gasteiger partial charge in [-0.3, -0.25) is 0 Å². The summed E-state index contributed by atoms with van der Waals surface area (Å²) in [7, 11) is 0. The molecule has 1 aliphatic heterocycles. The van der Waals surface area contributed by atoms with E-state index in [0.717, 1.165) is 11.3 Å². The number of aryl methyl sites for hydroxylation is 1. The summed E-state index contributed by atoms with van der Waals surface area (Å²) in [6, 6.07) is 13.3. The summed E-state index contributed by atoms with van der Waals surface area (Å²) in [4.78, 5) is 0. The zero-order valence-electron chi connectivity index (χ0n) is 12.5. The Bertz CT molecular complexity index is 827. The molecular weight excluding hydrogens is 296 g/mol. The summed E-state index contributed by atoms with van der Waals surface area (Å²) in [5.74, 6) is 2.95. The summed E-state index contributed by atoms with van der Waals surface area (Å²) in [6.07, 6.45) is 0. The first-order valence-electron chi connectivity index (χ1n) is 7.20. The van der Waals surface area contributed by atoms with Crippen molar-refractivity contribution in [1.29, 1.82) is 0 Å². The van der Waals surface area contributed by atoms with Crippen LogP contribution in [-0.4, -0.2) is 17.0 Å². The van der Waals surface area contributed by atoms with Crippen molar-refractivity contribution in [2.45, 2.75) is 13.5 Å². The van der Waals surface area contributed by atoms with Crippen molar-refractivity contribution >= 4 is 0 Å². The van der Waals surface area contributed by atoms with E-state index in [-0.39, 0.29) is 13.4 Å². The molecule has 0 saturated carbocycles. The topological polar surface area (TPSA) is 66.6 Å². The molecule has 0 spiro atoms. The molecule has 0 aliphatic carbocycles. The molecular formula is C17H14N2O4. The lowest BCUT2D eigenvalue weighted by Crippen LogP contribution is -1.95. The van der Waals surface area contributed by atoms with Crippen LogP contribution < -0.4 is 14.2 Å². The van der Waals surface area contributed by atoms with Gasteiger partial charge < -0.3 is 18.6 Å². The van der Waals surface area contributed by atoms with E-state index in [0.29, 0.717) is 23.3 Å². The fourth-order valence-electron chi connectivity index (χ4n) is 2.24. The third-order valence-electron chi connectivity index (χ3n) is 3.47. The van der Waals surface area contributed by atoms with Crippen LogP contribution in [0.1, 0.15) is 11.5 Å². The van der Waals surface area contributed by atoms with Gasteiger partial charge in [-0.05, 0) is 31.2 Å². The Morgan fingerprint density at radius 3 is 2.70 bits per heavy atom. The van der Waals surface area contributed by atoms with Gasteiger partial charge in [0.05, 0.1) is 0 Å². The monoisotopic (exact) mass is 310 g/mol. The molecule has 0 N–H and O–H groups in total. The molecule has 0 radical (unpaired) electrons. The number of hydrogen-bond acceptors (Lipinski definition) is 6. The van der Waals surface area contributed by atoms with Gasteiger partial charge in [0.1, 0.15) is 5.75 Å². The molecule has 0 unspecified atom stereocenters. The molecule has 0 amide bonds. The third-order valence-corrected chi connectivity index (χ3v) is 3.47. The van der Waals surface area contributed by atoms with Gasteiger partial charge in [0, 0.05) is 11.6 Å². The van der Waals surface area contributed by atoms with Crippen molar-refractivity contribution in [2.75, 3.05) is 6.79 Å². The summed E-state index contributed by atoms with van der Waals surface area (Å²) >= 11 is 0. The van der Waals surface area contributed by atoms with Gasteiger partial charge in [-0.1, -0.05) is 17.7 Å². The summed E-state index contributed by atoms with van der Waals surface area (Å²) < 4.78 is 21.8. The molecule has 1 aliphatic rings. The fourth-order valence-corrected chi connectivity index (χ4v) is 2.24. The van der Waals surface area contributed by atoms with Crippen LogP contribution in [0.3, 0.4) is 0 Å². The Labute approximate surface area is 132 Å². The molecule has 0 saturated heterocycles. The average Bonchev–Trinajstić information content (AvgIpc) is 3.22. The van der Waals surface area contributed by atoms with Crippen molar-refractivity contribution in [3.8, 4) is 28.7 Å². The molecule has 6 heteroatoms. The third kappa shape index (κ3) is 2.83. The number of nitrogens with zero attached hydrogens (tertiary/aromatic N) is 2. The van der Waals surface area contributed by atoms with Gasteiger partial charge in [-0.2, -0.15) is 0 Å². The van der Waals surface area contributed by atoms with Crippen molar-refractivity contribution in [3.05, 3.63) is 53.9 Å². The maximum Gasteiger partial charge on any atom is 0.254 e. The smallest absolute Gasteiger partial charge is 0.254 e. The SMILES string of the molecule is Cc1ccc(-c2nnc(COc3ccc4c(c3)OCO4)o2)cc1. The molecule has 0 atom stereocenters. The van der Waals surface area contributed by atoms with Gasteiger partial charge in [-0.25, -0.2) is 0 Å². The van der Waals surface area contributed by atoms with E-state index in [1.165, 1.54) is 5.56 Å². The number of rotatable bonds is 4. The largest absolute Gasteiger partial charge is 0.484 e. The Hall–Kier alpha value is -3.02. The number of fused-ring (bicyclic) bond motifs is 1. The Morgan fingerprint density at radius 1 is 1.00 bits per heavy atom. The first-order valence-corrected chi connectivity index (χ1v) is 7.20. The second-order valence-corrected chi connectivity index (χ2v) is 5.17. The van der Waals surface area contributed by atoms with Gasteiger partial charge in [0.25, 0.3) is 5.89 Å². The second-order valence-electron chi connectivity index (χ2n) is 5.17. The molecule has 4 rings (SSSR count). The number of ether oxygens (including phenoxy) is 3. The second kappa shape index (κ2) is 5.64. The first-order chi connectivity index (χ1) is 11.3. The average molecular weight is 310 g/mol. The Kier molecular flexibility index (Phi) is 3.34. The number of hydrogen-bond donors (Lipinski definition) is 0. The quantitative estimate of drug-likeness (QED) is 0.736. The highest BCUT2D eigenvalue weighted by Gasteiger charge is 2.14. The zero-order valence-corrected chi connectivity index (χ0v) is 12.5. The molecule has 3 aromatic rings. The molecule has 1 aromatic heterocycles.